The van der Waals surface area contributed by atoms with Crippen LogP contribution in [0.1, 0.15) is 11.3 Å². The molecule has 0 aliphatic rings. The molecule has 2 heterocycles. The molecule has 8 heteroatoms. The minimum absolute atomic E-state index is 0.107. The number of amidine groups is 1. The molecular formula is C22H17BrN4O3. The quantitative estimate of drug-likeness (QED) is 0.231. The first-order chi connectivity index (χ1) is 14.7. The van der Waals surface area contributed by atoms with Crippen molar-refractivity contribution in [2.24, 2.45) is 10.9 Å². The molecule has 4 rings (SSSR count). The van der Waals surface area contributed by atoms with E-state index in [0.29, 0.717) is 28.8 Å². The van der Waals surface area contributed by atoms with Gasteiger partial charge in [-0.15, -0.1) is 0 Å². The third-order valence-corrected chi connectivity index (χ3v) is 4.55. The molecule has 0 amide bonds. The highest BCUT2D eigenvalue weighted by Gasteiger charge is 2.11. The van der Waals surface area contributed by atoms with Gasteiger partial charge in [-0.3, -0.25) is 0 Å². The molecular weight excluding hydrogens is 448 g/mol. The number of benzene rings is 2. The maximum Gasteiger partial charge on any atom is 0.230 e. The third kappa shape index (κ3) is 4.84. The summed E-state index contributed by atoms with van der Waals surface area (Å²) in [5, 5.41) is 3.97. The minimum atomic E-state index is 0.107. The molecule has 0 atom stereocenters. The Kier molecular flexibility index (Phi) is 6.05. The fourth-order valence-corrected chi connectivity index (χ4v) is 2.85. The lowest BCUT2D eigenvalue weighted by Crippen LogP contribution is -2.15. The number of oxime groups is 1. The molecule has 0 saturated heterocycles. The van der Waals surface area contributed by atoms with Gasteiger partial charge in [0.1, 0.15) is 17.7 Å². The molecule has 0 aliphatic heterocycles. The highest BCUT2D eigenvalue weighted by molar-refractivity contribution is 9.10. The Hall–Kier alpha value is -3.65. The summed E-state index contributed by atoms with van der Waals surface area (Å²) >= 11 is 3.40. The molecule has 0 aliphatic carbocycles. The molecule has 0 unspecified atom stereocenters. The van der Waals surface area contributed by atoms with Crippen LogP contribution in [0, 0.1) is 0 Å². The molecule has 0 fully saturated rings. The standard InChI is InChI=1S/C22H17BrN4O3/c23-16-10-8-15(9-11-16)21-26-17(13-28-21)14-29-27-20(24)19-7-4-12-25-22(19)30-18-5-2-1-3-6-18/h1-13H,14H2,(H2,24,27). The van der Waals surface area contributed by atoms with E-state index >= 15 is 0 Å². The normalized spacial score (nSPS) is 11.3. The number of aromatic nitrogens is 2. The predicted octanol–water partition coefficient (Wildman–Crippen LogP) is 5.13. The largest absolute Gasteiger partial charge is 0.444 e. The Balaban J connectivity index is 1.42. The van der Waals surface area contributed by atoms with E-state index in [2.05, 4.69) is 31.1 Å². The molecule has 2 aromatic heterocycles. The maximum absolute atomic E-state index is 6.08. The number of pyridine rings is 1. The zero-order valence-corrected chi connectivity index (χ0v) is 17.3. The van der Waals surface area contributed by atoms with E-state index in [4.69, 9.17) is 19.7 Å². The number of halogens is 1. The van der Waals surface area contributed by atoms with Crippen LogP contribution in [0.25, 0.3) is 11.5 Å². The van der Waals surface area contributed by atoms with Gasteiger partial charge in [0.2, 0.25) is 11.8 Å². The summed E-state index contributed by atoms with van der Waals surface area (Å²) in [5.74, 6) is 1.64. The average molecular weight is 465 g/mol. The van der Waals surface area contributed by atoms with Crippen LogP contribution in [0.3, 0.4) is 0 Å². The molecule has 150 valence electrons. The van der Waals surface area contributed by atoms with Crippen molar-refractivity contribution in [3.63, 3.8) is 0 Å². The van der Waals surface area contributed by atoms with Gasteiger partial charge in [-0.05, 0) is 48.5 Å². The molecule has 0 radical (unpaired) electrons. The molecule has 0 bridgehead atoms. The topological polar surface area (TPSA) is 95.8 Å². The van der Waals surface area contributed by atoms with Crippen molar-refractivity contribution in [2.75, 3.05) is 0 Å². The molecule has 4 aromatic rings. The van der Waals surface area contributed by atoms with Crippen LogP contribution in [0.15, 0.2) is 93.2 Å². The summed E-state index contributed by atoms with van der Waals surface area (Å²) in [6, 6.07) is 20.5. The van der Waals surface area contributed by atoms with Crippen molar-refractivity contribution in [3.8, 4) is 23.1 Å². The first-order valence-electron chi connectivity index (χ1n) is 9.03. The molecule has 0 saturated carbocycles. The number of nitrogens with zero attached hydrogens (tertiary/aromatic N) is 3. The fraction of sp³-hybridized carbons (Fsp3) is 0.0455. The van der Waals surface area contributed by atoms with Gasteiger partial charge in [0.05, 0.1) is 5.56 Å². The number of nitrogens with two attached hydrogens (primary N) is 1. The summed E-state index contributed by atoms with van der Waals surface area (Å²) in [4.78, 5) is 14.0. The van der Waals surface area contributed by atoms with Crippen molar-refractivity contribution < 1.29 is 14.0 Å². The van der Waals surface area contributed by atoms with E-state index in [0.717, 1.165) is 10.0 Å². The maximum atomic E-state index is 6.08. The van der Waals surface area contributed by atoms with Gasteiger partial charge in [0.25, 0.3) is 0 Å². The Morgan fingerprint density at radius 1 is 1.03 bits per heavy atom. The predicted molar refractivity (Wildman–Crippen MR) is 116 cm³/mol. The van der Waals surface area contributed by atoms with Gasteiger partial charge in [-0.25, -0.2) is 9.97 Å². The number of ether oxygens (including phenoxy) is 1. The van der Waals surface area contributed by atoms with Crippen LogP contribution in [0.2, 0.25) is 0 Å². The first-order valence-corrected chi connectivity index (χ1v) is 9.82. The van der Waals surface area contributed by atoms with Crippen molar-refractivity contribution in [1.82, 2.24) is 9.97 Å². The molecule has 30 heavy (non-hydrogen) atoms. The van der Waals surface area contributed by atoms with Crippen LogP contribution in [0.4, 0.5) is 0 Å². The number of para-hydroxylation sites is 1. The highest BCUT2D eigenvalue weighted by Crippen LogP contribution is 2.23. The second kappa shape index (κ2) is 9.23. The summed E-state index contributed by atoms with van der Waals surface area (Å²) in [5.41, 5.74) is 8.07. The van der Waals surface area contributed by atoms with Gasteiger partial charge in [-0.2, -0.15) is 0 Å². The second-order valence-corrected chi connectivity index (χ2v) is 7.09. The van der Waals surface area contributed by atoms with Crippen LogP contribution < -0.4 is 10.5 Å². The number of rotatable bonds is 7. The summed E-state index contributed by atoms with van der Waals surface area (Å²) in [6.07, 6.45) is 3.14. The lowest BCUT2D eigenvalue weighted by molar-refractivity contribution is 0.127. The van der Waals surface area contributed by atoms with Crippen molar-refractivity contribution in [1.29, 1.82) is 0 Å². The molecule has 7 nitrogen and oxygen atoms in total. The van der Waals surface area contributed by atoms with E-state index in [1.807, 2.05) is 54.6 Å². The van der Waals surface area contributed by atoms with Crippen molar-refractivity contribution in [3.05, 3.63) is 94.9 Å². The second-order valence-electron chi connectivity index (χ2n) is 6.17. The molecule has 2 N–H and O–H groups in total. The Morgan fingerprint density at radius 3 is 2.63 bits per heavy atom. The van der Waals surface area contributed by atoms with Crippen LogP contribution in [0.5, 0.6) is 11.6 Å². The minimum Gasteiger partial charge on any atom is -0.444 e. The first kappa shape index (κ1) is 19.7. The van der Waals surface area contributed by atoms with Crippen molar-refractivity contribution in [2.45, 2.75) is 6.61 Å². The number of hydrogen-bond acceptors (Lipinski definition) is 6. The van der Waals surface area contributed by atoms with E-state index in [1.165, 1.54) is 6.26 Å². The summed E-state index contributed by atoms with van der Waals surface area (Å²) < 4.78 is 12.3. The van der Waals surface area contributed by atoms with E-state index < -0.39 is 0 Å². The zero-order valence-electron chi connectivity index (χ0n) is 15.7. The van der Waals surface area contributed by atoms with Crippen molar-refractivity contribution >= 4 is 21.8 Å². The van der Waals surface area contributed by atoms with Gasteiger partial charge in [0, 0.05) is 16.2 Å². The Labute approximate surface area is 181 Å². The van der Waals surface area contributed by atoms with Gasteiger partial charge in [0.15, 0.2) is 12.4 Å². The fourth-order valence-electron chi connectivity index (χ4n) is 2.58. The lowest BCUT2D eigenvalue weighted by Gasteiger charge is -2.09. The van der Waals surface area contributed by atoms with Gasteiger partial charge < -0.3 is 19.7 Å². The van der Waals surface area contributed by atoms with Crippen LogP contribution in [-0.4, -0.2) is 15.8 Å². The summed E-state index contributed by atoms with van der Waals surface area (Å²) in [7, 11) is 0. The Bertz CT molecular complexity index is 1140. The van der Waals surface area contributed by atoms with E-state index in [9.17, 15) is 0 Å². The summed E-state index contributed by atoms with van der Waals surface area (Å²) in [6.45, 7) is 0.107. The highest BCUT2D eigenvalue weighted by atomic mass is 79.9. The van der Waals surface area contributed by atoms with Crippen LogP contribution >= 0.6 is 15.9 Å². The Morgan fingerprint density at radius 2 is 1.83 bits per heavy atom. The van der Waals surface area contributed by atoms with Gasteiger partial charge in [-0.1, -0.05) is 39.3 Å². The van der Waals surface area contributed by atoms with Gasteiger partial charge >= 0.3 is 0 Å². The monoisotopic (exact) mass is 464 g/mol. The SMILES string of the molecule is N/C(=N/OCc1coc(-c2ccc(Br)cc2)n1)c1cccnc1Oc1ccccc1. The smallest absolute Gasteiger partial charge is 0.230 e. The average Bonchev–Trinajstić information content (AvgIpc) is 3.24. The molecule has 2 aromatic carbocycles. The zero-order chi connectivity index (χ0) is 20.8. The lowest BCUT2D eigenvalue weighted by atomic mass is 10.2. The number of oxazole rings is 1. The number of hydrogen-bond donors (Lipinski definition) is 1. The van der Waals surface area contributed by atoms with E-state index in [1.54, 1.807) is 18.3 Å². The molecule has 0 spiro atoms. The third-order valence-electron chi connectivity index (χ3n) is 4.02. The van der Waals surface area contributed by atoms with E-state index in [-0.39, 0.29) is 12.4 Å². The van der Waals surface area contributed by atoms with Crippen LogP contribution in [-0.2, 0) is 11.4 Å².